The van der Waals surface area contributed by atoms with Gasteiger partial charge < -0.3 is 20.3 Å². The molecule has 2 aromatic rings. The van der Waals surface area contributed by atoms with Gasteiger partial charge in [0.2, 0.25) is 0 Å². The minimum Gasteiger partial charge on any atom is -0.463 e. The number of nitrogens with zero attached hydrogens (tertiary/aromatic N) is 2. The third kappa shape index (κ3) is 5.42. The zero-order valence-corrected chi connectivity index (χ0v) is 20.3. The fourth-order valence-electron chi connectivity index (χ4n) is 4.53. The predicted octanol–water partition coefficient (Wildman–Crippen LogP) is 3.55. The summed E-state index contributed by atoms with van der Waals surface area (Å²) < 4.78 is 5.40. The maximum atomic E-state index is 13.0. The van der Waals surface area contributed by atoms with Crippen LogP contribution >= 0.6 is 0 Å². The minimum absolute atomic E-state index is 0.278. The van der Waals surface area contributed by atoms with Gasteiger partial charge in [0.05, 0.1) is 18.2 Å². The Bertz CT molecular complexity index is 1040. The number of rotatable bonds is 7. The number of hydrogen-bond donors (Lipinski definition) is 2. The minimum atomic E-state index is -0.539. The smallest absolute Gasteiger partial charge is 0.338 e. The summed E-state index contributed by atoms with van der Waals surface area (Å²) in [4.78, 5) is 30.3. The van der Waals surface area contributed by atoms with Gasteiger partial charge in [-0.25, -0.2) is 9.59 Å². The van der Waals surface area contributed by atoms with Gasteiger partial charge in [-0.2, -0.15) is 0 Å². The third-order valence-electron chi connectivity index (χ3n) is 6.52. The number of hydrogen-bond acceptors (Lipinski definition) is 5. The average molecular weight is 463 g/mol. The second-order valence-electron chi connectivity index (χ2n) is 8.84. The Balaban J connectivity index is 1.54. The number of aryl methyl sites for hydroxylation is 2. The van der Waals surface area contributed by atoms with Gasteiger partial charge in [0.1, 0.15) is 0 Å². The molecule has 0 radical (unpaired) electrons. The Hall–Kier alpha value is -3.32. The zero-order valence-electron chi connectivity index (χ0n) is 20.3. The van der Waals surface area contributed by atoms with Gasteiger partial charge in [0.25, 0.3) is 0 Å². The van der Waals surface area contributed by atoms with Crippen LogP contribution in [0, 0.1) is 6.92 Å². The normalized spacial score (nSPS) is 19.0. The number of esters is 1. The molecule has 34 heavy (non-hydrogen) atoms. The molecule has 1 atom stereocenters. The standard InChI is InChI=1S/C27H34N4O3/c1-4-20-8-10-21(11-9-20)25-24(26(32)34-5-2)23(28-27(33)29-25)18-30-14-16-31(17-15-30)22-12-6-19(3)7-13-22/h6-13,25H,4-5,14-18H2,1-3H3,(H2,28,29,33)/t25-/m0/s1. The van der Waals surface area contributed by atoms with Crippen molar-refractivity contribution in [2.75, 3.05) is 44.2 Å². The number of carbonyl (C=O) groups is 2. The maximum absolute atomic E-state index is 13.0. The monoisotopic (exact) mass is 462 g/mol. The molecule has 180 valence electrons. The number of amides is 2. The lowest BCUT2D eigenvalue weighted by Gasteiger charge is -2.38. The number of piperazine rings is 1. The molecule has 2 N–H and O–H groups in total. The van der Waals surface area contributed by atoms with Crippen LogP contribution in [0.3, 0.4) is 0 Å². The highest BCUT2D eigenvalue weighted by atomic mass is 16.5. The fraction of sp³-hybridized carbons (Fsp3) is 0.407. The second kappa shape index (κ2) is 10.7. The third-order valence-corrected chi connectivity index (χ3v) is 6.52. The summed E-state index contributed by atoms with van der Waals surface area (Å²) >= 11 is 0. The summed E-state index contributed by atoms with van der Waals surface area (Å²) in [5, 5.41) is 5.82. The van der Waals surface area contributed by atoms with E-state index in [-0.39, 0.29) is 12.6 Å². The fourth-order valence-corrected chi connectivity index (χ4v) is 4.53. The Morgan fingerprint density at radius 3 is 2.29 bits per heavy atom. The molecule has 0 unspecified atom stereocenters. The molecule has 4 rings (SSSR count). The van der Waals surface area contributed by atoms with E-state index in [2.05, 4.69) is 58.5 Å². The van der Waals surface area contributed by atoms with E-state index in [0.29, 0.717) is 17.8 Å². The van der Waals surface area contributed by atoms with Gasteiger partial charge in [-0.3, -0.25) is 4.90 Å². The summed E-state index contributed by atoms with van der Waals surface area (Å²) in [6.07, 6.45) is 0.930. The molecular weight excluding hydrogens is 428 g/mol. The SMILES string of the molecule is CCOC(=O)C1=C(CN2CCN(c3ccc(C)cc3)CC2)NC(=O)N[C@H]1c1ccc(CC)cc1. The van der Waals surface area contributed by atoms with Crippen molar-refractivity contribution in [2.24, 2.45) is 0 Å². The van der Waals surface area contributed by atoms with Gasteiger partial charge >= 0.3 is 12.0 Å². The number of nitrogens with one attached hydrogen (secondary N) is 2. The van der Waals surface area contributed by atoms with E-state index in [4.69, 9.17) is 4.74 Å². The number of ether oxygens (including phenoxy) is 1. The van der Waals surface area contributed by atoms with E-state index < -0.39 is 12.0 Å². The van der Waals surface area contributed by atoms with Crippen LogP contribution in [0.5, 0.6) is 0 Å². The summed E-state index contributed by atoms with van der Waals surface area (Å²) in [6.45, 7) is 10.2. The number of urea groups is 1. The summed E-state index contributed by atoms with van der Waals surface area (Å²) in [5.41, 5.74) is 5.65. The molecule has 0 bridgehead atoms. The van der Waals surface area contributed by atoms with E-state index in [1.165, 1.54) is 16.8 Å². The molecule has 0 spiro atoms. The van der Waals surface area contributed by atoms with Crippen molar-refractivity contribution < 1.29 is 14.3 Å². The molecule has 2 aliphatic rings. The predicted molar refractivity (Wildman–Crippen MR) is 134 cm³/mol. The van der Waals surface area contributed by atoms with Crippen molar-refractivity contribution in [3.63, 3.8) is 0 Å². The number of carbonyl (C=O) groups excluding carboxylic acids is 2. The summed E-state index contributed by atoms with van der Waals surface area (Å²) in [5.74, 6) is -0.396. The van der Waals surface area contributed by atoms with E-state index in [9.17, 15) is 9.59 Å². The van der Waals surface area contributed by atoms with E-state index in [0.717, 1.165) is 38.2 Å². The van der Waals surface area contributed by atoms with Crippen molar-refractivity contribution in [1.29, 1.82) is 0 Å². The highest BCUT2D eigenvalue weighted by Crippen LogP contribution is 2.29. The van der Waals surface area contributed by atoms with Crippen molar-refractivity contribution >= 4 is 17.7 Å². The van der Waals surface area contributed by atoms with Crippen molar-refractivity contribution in [1.82, 2.24) is 15.5 Å². The Morgan fingerprint density at radius 2 is 1.68 bits per heavy atom. The summed E-state index contributed by atoms with van der Waals surface area (Å²) in [7, 11) is 0. The zero-order chi connectivity index (χ0) is 24.1. The highest BCUT2D eigenvalue weighted by molar-refractivity contribution is 5.95. The quantitative estimate of drug-likeness (QED) is 0.616. The average Bonchev–Trinajstić information content (AvgIpc) is 2.85. The van der Waals surface area contributed by atoms with Crippen LogP contribution in [0.15, 0.2) is 59.8 Å². The lowest BCUT2D eigenvalue weighted by Crippen LogP contribution is -2.51. The largest absolute Gasteiger partial charge is 0.463 e. The van der Waals surface area contributed by atoms with Crippen LogP contribution in [0.2, 0.25) is 0 Å². The lowest BCUT2D eigenvalue weighted by molar-refractivity contribution is -0.139. The van der Waals surface area contributed by atoms with Crippen molar-refractivity contribution in [3.8, 4) is 0 Å². The highest BCUT2D eigenvalue weighted by Gasteiger charge is 2.34. The van der Waals surface area contributed by atoms with E-state index in [1.54, 1.807) is 6.92 Å². The number of anilines is 1. The molecule has 7 nitrogen and oxygen atoms in total. The molecule has 2 aliphatic heterocycles. The molecule has 2 amide bonds. The van der Waals surface area contributed by atoms with Crippen LogP contribution in [0.1, 0.15) is 36.6 Å². The van der Waals surface area contributed by atoms with Crippen LogP contribution in [-0.2, 0) is 16.0 Å². The first kappa shape index (κ1) is 23.8. The van der Waals surface area contributed by atoms with Crippen LogP contribution < -0.4 is 15.5 Å². The van der Waals surface area contributed by atoms with Gasteiger partial charge in [-0.05, 0) is 43.5 Å². The molecule has 0 saturated carbocycles. The topological polar surface area (TPSA) is 73.9 Å². The first-order chi connectivity index (χ1) is 16.5. The molecular formula is C27H34N4O3. The second-order valence-corrected chi connectivity index (χ2v) is 8.84. The Labute approximate surface area is 201 Å². The Morgan fingerprint density at radius 1 is 1.00 bits per heavy atom. The maximum Gasteiger partial charge on any atom is 0.338 e. The van der Waals surface area contributed by atoms with Gasteiger partial charge in [-0.15, -0.1) is 0 Å². The molecule has 1 saturated heterocycles. The molecule has 2 aromatic carbocycles. The van der Waals surface area contributed by atoms with Crippen LogP contribution in [0.4, 0.5) is 10.5 Å². The summed E-state index contributed by atoms with van der Waals surface area (Å²) in [6, 6.07) is 15.8. The van der Waals surface area contributed by atoms with Gasteiger partial charge in [0.15, 0.2) is 0 Å². The molecule has 2 heterocycles. The molecule has 7 heteroatoms. The molecule has 0 aliphatic carbocycles. The van der Waals surface area contributed by atoms with Crippen molar-refractivity contribution in [2.45, 2.75) is 33.2 Å². The first-order valence-electron chi connectivity index (χ1n) is 12.1. The van der Waals surface area contributed by atoms with Gasteiger partial charge in [-0.1, -0.05) is 48.9 Å². The number of benzene rings is 2. The Kier molecular flexibility index (Phi) is 7.53. The van der Waals surface area contributed by atoms with E-state index >= 15 is 0 Å². The lowest BCUT2D eigenvalue weighted by atomic mass is 9.94. The van der Waals surface area contributed by atoms with E-state index in [1.807, 2.05) is 24.3 Å². The van der Waals surface area contributed by atoms with Crippen molar-refractivity contribution in [3.05, 3.63) is 76.5 Å². The van der Waals surface area contributed by atoms with Crippen LogP contribution in [-0.4, -0.2) is 56.2 Å². The molecule has 0 aromatic heterocycles. The first-order valence-corrected chi connectivity index (χ1v) is 12.1. The molecule has 1 fully saturated rings. The van der Waals surface area contributed by atoms with Gasteiger partial charge in [0, 0.05) is 44.1 Å². The van der Waals surface area contributed by atoms with Crippen LogP contribution in [0.25, 0.3) is 0 Å².